The topological polar surface area (TPSA) is 87.9 Å². The van der Waals surface area contributed by atoms with Gasteiger partial charge in [0.1, 0.15) is 11.8 Å². The second-order valence-corrected chi connectivity index (χ2v) is 10.4. The van der Waals surface area contributed by atoms with Gasteiger partial charge in [0.2, 0.25) is 5.91 Å². The van der Waals surface area contributed by atoms with Crippen molar-refractivity contribution in [2.75, 3.05) is 39.8 Å². The summed E-state index contributed by atoms with van der Waals surface area (Å²) in [5.41, 5.74) is 6.19. The number of nitrogens with two attached hydrogens (primary N) is 1. The Morgan fingerprint density at radius 1 is 1.21 bits per heavy atom. The summed E-state index contributed by atoms with van der Waals surface area (Å²) in [7, 11) is 1.59. The predicted molar refractivity (Wildman–Crippen MR) is 136 cm³/mol. The lowest BCUT2D eigenvalue weighted by molar-refractivity contribution is -0.127. The smallest absolute Gasteiger partial charge is 0.254 e. The molecule has 0 spiro atoms. The third-order valence-electron chi connectivity index (χ3n) is 7.23. The van der Waals surface area contributed by atoms with Crippen molar-refractivity contribution in [1.82, 2.24) is 15.1 Å². The Labute approximate surface area is 205 Å². The Hall–Kier alpha value is -2.12. The first-order valence-electron chi connectivity index (χ1n) is 13.1. The van der Waals surface area contributed by atoms with Crippen molar-refractivity contribution in [2.45, 2.75) is 70.9 Å². The van der Waals surface area contributed by atoms with Crippen molar-refractivity contribution in [1.29, 1.82) is 0 Å². The second-order valence-electron chi connectivity index (χ2n) is 10.4. The monoisotopic (exact) mass is 472 g/mol. The van der Waals surface area contributed by atoms with E-state index in [-0.39, 0.29) is 11.8 Å². The minimum absolute atomic E-state index is 0.103. The van der Waals surface area contributed by atoms with Crippen LogP contribution >= 0.6 is 0 Å². The van der Waals surface area contributed by atoms with Gasteiger partial charge in [-0.05, 0) is 55.7 Å². The molecule has 1 aliphatic carbocycles. The summed E-state index contributed by atoms with van der Waals surface area (Å²) in [5.74, 6) is 1.72. The van der Waals surface area contributed by atoms with Gasteiger partial charge in [-0.3, -0.25) is 14.5 Å². The predicted octanol–water partition coefficient (Wildman–Crippen LogP) is 3.28. The van der Waals surface area contributed by atoms with Crippen LogP contribution in [-0.4, -0.2) is 73.5 Å². The Balaban J connectivity index is 1.79. The number of piperidine rings is 1. The zero-order valence-corrected chi connectivity index (χ0v) is 21.3. The molecule has 7 nitrogen and oxygen atoms in total. The normalized spacial score (nSPS) is 21.6. The third-order valence-corrected chi connectivity index (χ3v) is 7.23. The van der Waals surface area contributed by atoms with Gasteiger partial charge < -0.3 is 20.7 Å². The summed E-state index contributed by atoms with van der Waals surface area (Å²) in [5, 5.41) is 2.94. The van der Waals surface area contributed by atoms with E-state index < -0.39 is 6.04 Å². The number of methoxy groups -OCH3 is 1. The molecule has 2 atom stereocenters. The number of ether oxygens (including phenoxy) is 1. The molecule has 0 radical (unpaired) electrons. The quantitative estimate of drug-likeness (QED) is 0.546. The van der Waals surface area contributed by atoms with Crippen LogP contribution in [0.15, 0.2) is 24.3 Å². The van der Waals surface area contributed by atoms with Crippen molar-refractivity contribution in [3.8, 4) is 5.75 Å². The highest BCUT2D eigenvalue weighted by Crippen LogP contribution is 2.30. The van der Waals surface area contributed by atoms with Gasteiger partial charge in [0, 0.05) is 44.3 Å². The highest BCUT2D eigenvalue weighted by molar-refractivity contribution is 5.98. The van der Waals surface area contributed by atoms with Gasteiger partial charge in [0.25, 0.3) is 5.91 Å². The molecule has 0 aromatic heterocycles. The lowest BCUT2D eigenvalue weighted by Gasteiger charge is -2.44. The molecule has 1 saturated heterocycles. The molecule has 190 valence electrons. The summed E-state index contributed by atoms with van der Waals surface area (Å²) >= 11 is 0. The molecular formula is C27H44N4O3. The van der Waals surface area contributed by atoms with E-state index in [1.54, 1.807) is 24.1 Å². The zero-order chi connectivity index (χ0) is 24.5. The standard InChI is InChI=1S/C27H44N4O3/c1-20(2)18-30(19-21-8-5-4-6-9-21)23-12-15-31(25(17-23)26(32)29-14-13-28)27(33)22-10-7-11-24(16-22)34-3/h7,10-11,16,20-21,23,25H,4-6,8-9,12-15,17-19,28H2,1-3H3,(H,29,32)/t23?,25-/m1/s1. The van der Waals surface area contributed by atoms with Gasteiger partial charge in [-0.15, -0.1) is 0 Å². The summed E-state index contributed by atoms with van der Waals surface area (Å²) in [4.78, 5) is 31.1. The summed E-state index contributed by atoms with van der Waals surface area (Å²) in [6.07, 6.45) is 8.18. The Kier molecular flexibility index (Phi) is 10.2. The number of carbonyl (C=O) groups excluding carboxylic acids is 2. The molecule has 1 aromatic carbocycles. The molecule has 1 unspecified atom stereocenters. The Morgan fingerprint density at radius 2 is 1.97 bits per heavy atom. The molecule has 34 heavy (non-hydrogen) atoms. The van der Waals surface area contributed by atoms with Crippen molar-refractivity contribution >= 4 is 11.8 Å². The molecular weight excluding hydrogens is 428 g/mol. The van der Waals surface area contributed by atoms with Gasteiger partial charge in [0.15, 0.2) is 0 Å². The number of hydrogen-bond donors (Lipinski definition) is 2. The summed E-state index contributed by atoms with van der Waals surface area (Å²) < 4.78 is 5.31. The lowest BCUT2D eigenvalue weighted by Crippen LogP contribution is -2.58. The van der Waals surface area contributed by atoms with Crippen molar-refractivity contribution < 1.29 is 14.3 Å². The molecule has 1 heterocycles. The van der Waals surface area contributed by atoms with Gasteiger partial charge in [0.05, 0.1) is 7.11 Å². The van der Waals surface area contributed by atoms with Crippen LogP contribution < -0.4 is 15.8 Å². The number of hydrogen-bond acceptors (Lipinski definition) is 5. The fourth-order valence-electron chi connectivity index (χ4n) is 5.55. The maximum Gasteiger partial charge on any atom is 0.254 e. The van der Waals surface area contributed by atoms with Crippen LogP contribution in [0.3, 0.4) is 0 Å². The molecule has 1 saturated carbocycles. The fourth-order valence-corrected chi connectivity index (χ4v) is 5.55. The average Bonchev–Trinajstić information content (AvgIpc) is 2.86. The largest absolute Gasteiger partial charge is 0.497 e. The van der Waals surface area contributed by atoms with Crippen LogP contribution in [0.25, 0.3) is 0 Å². The van der Waals surface area contributed by atoms with E-state index in [0.29, 0.717) is 49.3 Å². The number of rotatable bonds is 10. The minimum atomic E-state index is -0.495. The van der Waals surface area contributed by atoms with Crippen LogP contribution in [0, 0.1) is 11.8 Å². The van der Waals surface area contributed by atoms with Crippen molar-refractivity contribution in [2.24, 2.45) is 17.6 Å². The number of likely N-dealkylation sites (tertiary alicyclic amines) is 1. The van der Waals surface area contributed by atoms with Gasteiger partial charge in [-0.1, -0.05) is 39.2 Å². The molecule has 2 aliphatic rings. The van der Waals surface area contributed by atoms with E-state index in [4.69, 9.17) is 10.5 Å². The molecule has 3 rings (SSSR count). The Morgan fingerprint density at radius 3 is 2.65 bits per heavy atom. The van der Waals surface area contributed by atoms with Gasteiger partial charge in [-0.2, -0.15) is 0 Å². The van der Waals surface area contributed by atoms with E-state index in [1.807, 2.05) is 12.1 Å². The first-order chi connectivity index (χ1) is 16.4. The average molecular weight is 473 g/mol. The first-order valence-corrected chi connectivity index (χ1v) is 13.1. The van der Waals surface area contributed by atoms with E-state index in [9.17, 15) is 9.59 Å². The molecule has 7 heteroatoms. The number of nitrogens with zero attached hydrogens (tertiary/aromatic N) is 2. The van der Waals surface area contributed by atoms with Gasteiger partial charge >= 0.3 is 0 Å². The SMILES string of the molecule is COc1cccc(C(=O)N2CCC(N(CC(C)C)CC3CCCCC3)C[C@@H]2C(=O)NCCN)c1. The number of carbonyl (C=O) groups is 2. The molecule has 1 aliphatic heterocycles. The number of nitrogens with one attached hydrogen (secondary N) is 1. The molecule has 2 amide bonds. The highest BCUT2D eigenvalue weighted by Gasteiger charge is 2.39. The molecule has 3 N–H and O–H groups in total. The lowest BCUT2D eigenvalue weighted by atomic mass is 9.87. The maximum absolute atomic E-state index is 13.5. The van der Waals surface area contributed by atoms with Crippen LogP contribution in [-0.2, 0) is 4.79 Å². The van der Waals surface area contributed by atoms with Gasteiger partial charge in [-0.25, -0.2) is 0 Å². The third kappa shape index (κ3) is 7.19. The second kappa shape index (κ2) is 13.1. The van der Waals surface area contributed by atoms with E-state index in [0.717, 1.165) is 25.4 Å². The zero-order valence-electron chi connectivity index (χ0n) is 21.3. The van der Waals surface area contributed by atoms with Crippen LogP contribution in [0.4, 0.5) is 0 Å². The summed E-state index contributed by atoms with van der Waals surface area (Å²) in [6.45, 7) is 8.03. The Bertz CT molecular complexity index is 794. The number of amides is 2. The maximum atomic E-state index is 13.5. The van der Waals surface area contributed by atoms with Crippen LogP contribution in [0.5, 0.6) is 5.75 Å². The molecule has 2 fully saturated rings. The minimum Gasteiger partial charge on any atom is -0.497 e. The van der Waals surface area contributed by atoms with Crippen molar-refractivity contribution in [3.05, 3.63) is 29.8 Å². The molecule has 0 bridgehead atoms. The van der Waals surface area contributed by atoms with E-state index in [1.165, 1.54) is 32.1 Å². The highest BCUT2D eigenvalue weighted by atomic mass is 16.5. The van der Waals surface area contributed by atoms with Crippen molar-refractivity contribution in [3.63, 3.8) is 0 Å². The summed E-state index contributed by atoms with van der Waals surface area (Å²) in [6, 6.07) is 6.98. The van der Waals surface area contributed by atoms with Crippen LogP contribution in [0.2, 0.25) is 0 Å². The first kappa shape index (κ1) is 26.5. The number of benzene rings is 1. The van der Waals surface area contributed by atoms with E-state index in [2.05, 4.69) is 24.1 Å². The fraction of sp³-hybridized carbons (Fsp3) is 0.704. The van der Waals surface area contributed by atoms with E-state index >= 15 is 0 Å². The molecule has 1 aromatic rings. The van der Waals surface area contributed by atoms with Crippen LogP contribution in [0.1, 0.15) is 69.2 Å².